The summed E-state index contributed by atoms with van der Waals surface area (Å²) in [5, 5.41) is 18.9. The molecule has 0 saturated carbocycles. The maximum atomic E-state index is 10.6. The molecule has 0 spiro atoms. The molecule has 0 aliphatic carbocycles. The van der Waals surface area contributed by atoms with Crippen molar-refractivity contribution in [3.63, 3.8) is 0 Å². The quantitative estimate of drug-likeness (QED) is 0.752. The van der Waals surface area contributed by atoms with Gasteiger partial charge in [-0.15, -0.1) is 0 Å². The first-order valence-corrected chi connectivity index (χ1v) is 9.42. The molecule has 0 bridgehead atoms. The lowest BCUT2D eigenvalue weighted by Gasteiger charge is -2.20. The molecular weight excluding hydrogens is 340 g/mol. The van der Waals surface area contributed by atoms with E-state index in [0.717, 1.165) is 36.7 Å². The SMILES string of the molecule is Cc1cc(C)c(CN2C[C@@H](Cc3cc(C)no3)[C@@H](O)C2)c(-n2cccn2)c1. The summed E-state index contributed by atoms with van der Waals surface area (Å²) >= 11 is 0. The van der Waals surface area contributed by atoms with Crippen LogP contribution in [-0.2, 0) is 13.0 Å². The lowest BCUT2D eigenvalue weighted by molar-refractivity contribution is 0.137. The maximum absolute atomic E-state index is 10.6. The first-order chi connectivity index (χ1) is 13.0. The van der Waals surface area contributed by atoms with Gasteiger partial charge in [0.15, 0.2) is 0 Å². The van der Waals surface area contributed by atoms with Crippen LogP contribution in [0.2, 0.25) is 0 Å². The van der Waals surface area contributed by atoms with Crippen molar-refractivity contribution in [2.45, 2.75) is 39.8 Å². The van der Waals surface area contributed by atoms with Crippen LogP contribution in [0, 0.1) is 26.7 Å². The van der Waals surface area contributed by atoms with Crippen molar-refractivity contribution >= 4 is 0 Å². The van der Waals surface area contributed by atoms with E-state index in [-0.39, 0.29) is 12.0 Å². The van der Waals surface area contributed by atoms with Crippen molar-refractivity contribution in [2.75, 3.05) is 13.1 Å². The maximum Gasteiger partial charge on any atom is 0.137 e. The molecule has 1 fully saturated rings. The third kappa shape index (κ3) is 3.82. The largest absolute Gasteiger partial charge is 0.391 e. The smallest absolute Gasteiger partial charge is 0.137 e. The zero-order valence-corrected chi connectivity index (χ0v) is 16.1. The van der Waals surface area contributed by atoms with Crippen LogP contribution in [0.5, 0.6) is 0 Å². The summed E-state index contributed by atoms with van der Waals surface area (Å²) < 4.78 is 7.26. The molecule has 2 aromatic heterocycles. The normalized spacial score (nSPS) is 20.4. The minimum atomic E-state index is -0.352. The lowest BCUT2D eigenvalue weighted by Crippen LogP contribution is -2.23. The highest BCUT2D eigenvalue weighted by Crippen LogP contribution is 2.27. The van der Waals surface area contributed by atoms with Crippen molar-refractivity contribution in [2.24, 2.45) is 5.92 Å². The standard InChI is InChI=1S/C21H26N4O2/c1-14-7-15(2)19(20(8-14)25-6-4-5-22-25)12-24-11-17(21(26)13-24)10-18-9-16(3)23-27-18/h4-9,17,21,26H,10-13H2,1-3H3/t17-,21+/m1/s1. The van der Waals surface area contributed by atoms with Crippen LogP contribution in [0.4, 0.5) is 0 Å². The molecule has 1 aromatic carbocycles. The van der Waals surface area contributed by atoms with Crippen LogP contribution >= 0.6 is 0 Å². The van der Waals surface area contributed by atoms with Crippen molar-refractivity contribution in [1.29, 1.82) is 0 Å². The number of aliphatic hydroxyl groups excluding tert-OH is 1. The van der Waals surface area contributed by atoms with Gasteiger partial charge < -0.3 is 9.63 Å². The number of rotatable bonds is 5. The van der Waals surface area contributed by atoms with Gasteiger partial charge in [0.05, 0.1) is 17.5 Å². The second-order valence-electron chi connectivity index (χ2n) is 7.69. The summed E-state index contributed by atoms with van der Waals surface area (Å²) in [4.78, 5) is 2.32. The Bertz CT molecular complexity index is 916. The van der Waals surface area contributed by atoms with E-state index in [1.165, 1.54) is 16.7 Å². The van der Waals surface area contributed by atoms with Gasteiger partial charge in [-0.05, 0) is 49.6 Å². The van der Waals surface area contributed by atoms with Gasteiger partial charge in [0.2, 0.25) is 0 Å². The van der Waals surface area contributed by atoms with E-state index in [1.54, 1.807) is 6.20 Å². The second kappa shape index (κ2) is 7.29. The molecule has 6 nitrogen and oxygen atoms in total. The second-order valence-corrected chi connectivity index (χ2v) is 7.69. The van der Waals surface area contributed by atoms with Crippen molar-refractivity contribution in [3.8, 4) is 5.69 Å². The Morgan fingerprint density at radius 3 is 2.74 bits per heavy atom. The summed E-state index contributed by atoms with van der Waals surface area (Å²) in [6.45, 7) is 8.48. The van der Waals surface area contributed by atoms with E-state index in [4.69, 9.17) is 4.52 Å². The zero-order valence-electron chi connectivity index (χ0n) is 16.1. The Hall–Kier alpha value is -2.44. The van der Waals surface area contributed by atoms with Crippen molar-refractivity contribution in [3.05, 3.63) is 64.8 Å². The molecule has 27 heavy (non-hydrogen) atoms. The summed E-state index contributed by atoms with van der Waals surface area (Å²) in [6.07, 6.45) is 4.15. The van der Waals surface area contributed by atoms with Gasteiger partial charge in [0.1, 0.15) is 5.76 Å². The molecule has 3 heterocycles. The molecular formula is C21H26N4O2. The van der Waals surface area contributed by atoms with Crippen LogP contribution in [-0.4, -0.2) is 44.1 Å². The Labute approximate surface area is 159 Å². The molecule has 1 N–H and O–H groups in total. The molecule has 1 aliphatic heterocycles. The average Bonchev–Trinajstić information content (AvgIpc) is 3.33. The monoisotopic (exact) mass is 366 g/mol. The zero-order chi connectivity index (χ0) is 19.0. The number of aryl methyl sites for hydroxylation is 3. The molecule has 1 saturated heterocycles. The van der Waals surface area contributed by atoms with Crippen LogP contribution in [0.1, 0.15) is 28.1 Å². The molecule has 142 valence electrons. The van der Waals surface area contributed by atoms with Gasteiger partial charge in [-0.3, -0.25) is 4.90 Å². The highest BCUT2D eigenvalue weighted by molar-refractivity contribution is 5.48. The Morgan fingerprint density at radius 1 is 1.19 bits per heavy atom. The number of β-amino-alcohol motifs (C(OH)–C–C–N with tert-alkyl or cyclic N) is 1. The fourth-order valence-corrected chi connectivity index (χ4v) is 4.06. The lowest BCUT2D eigenvalue weighted by atomic mass is 10.0. The van der Waals surface area contributed by atoms with Crippen LogP contribution < -0.4 is 0 Å². The van der Waals surface area contributed by atoms with Gasteiger partial charge in [0, 0.05) is 50.4 Å². The summed E-state index contributed by atoms with van der Waals surface area (Å²) in [5.41, 5.74) is 5.73. The fraction of sp³-hybridized carbons (Fsp3) is 0.429. The summed E-state index contributed by atoms with van der Waals surface area (Å²) in [7, 11) is 0. The molecule has 6 heteroatoms. The van der Waals surface area contributed by atoms with E-state index >= 15 is 0 Å². The number of aromatic nitrogens is 3. The van der Waals surface area contributed by atoms with Crippen molar-refractivity contribution in [1.82, 2.24) is 19.8 Å². The average molecular weight is 366 g/mol. The molecule has 0 unspecified atom stereocenters. The molecule has 3 aromatic rings. The van der Waals surface area contributed by atoms with Crippen molar-refractivity contribution < 1.29 is 9.63 Å². The van der Waals surface area contributed by atoms with Crippen LogP contribution in [0.25, 0.3) is 5.69 Å². The first-order valence-electron chi connectivity index (χ1n) is 9.42. The van der Waals surface area contributed by atoms with E-state index in [9.17, 15) is 5.11 Å². The first kappa shape index (κ1) is 17.9. The topological polar surface area (TPSA) is 67.3 Å². The number of likely N-dealkylation sites (tertiary alicyclic amines) is 1. The summed E-state index contributed by atoms with van der Waals surface area (Å²) in [5.74, 6) is 1.01. The Balaban J connectivity index is 1.53. The minimum absolute atomic E-state index is 0.163. The minimum Gasteiger partial charge on any atom is -0.391 e. The van der Waals surface area contributed by atoms with Crippen LogP contribution in [0.15, 0.2) is 41.2 Å². The number of aliphatic hydroxyl groups is 1. The van der Waals surface area contributed by atoms with Gasteiger partial charge in [-0.1, -0.05) is 11.2 Å². The molecule has 4 rings (SSSR count). The van der Waals surface area contributed by atoms with E-state index in [2.05, 4.69) is 41.1 Å². The fourth-order valence-electron chi connectivity index (χ4n) is 4.06. The Morgan fingerprint density at radius 2 is 2.04 bits per heavy atom. The van der Waals surface area contributed by atoms with E-state index < -0.39 is 0 Å². The molecule has 2 atom stereocenters. The number of hydrogen-bond acceptors (Lipinski definition) is 5. The molecule has 0 amide bonds. The van der Waals surface area contributed by atoms with E-state index in [1.807, 2.05) is 29.9 Å². The van der Waals surface area contributed by atoms with Gasteiger partial charge in [-0.2, -0.15) is 5.10 Å². The van der Waals surface area contributed by atoms with E-state index in [0.29, 0.717) is 6.54 Å². The van der Waals surface area contributed by atoms with Gasteiger partial charge in [0.25, 0.3) is 0 Å². The number of hydrogen-bond donors (Lipinski definition) is 1. The summed E-state index contributed by atoms with van der Waals surface area (Å²) in [6, 6.07) is 8.28. The number of benzene rings is 1. The third-order valence-electron chi connectivity index (χ3n) is 5.35. The predicted molar refractivity (Wildman–Crippen MR) is 103 cm³/mol. The van der Waals surface area contributed by atoms with Gasteiger partial charge in [-0.25, -0.2) is 4.68 Å². The third-order valence-corrected chi connectivity index (χ3v) is 5.35. The Kier molecular flexibility index (Phi) is 4.85. The van der Waals surface area contributed by atoms with Crippen LogP contribution in [0.3, 0.4) is 0 Å². The highest BCUT2D eigenvalue weighted by atomic mass is 16.5. The number of nitrogens with zero attached hydrogens (tertiary/aromatic N) is 4. The molecule has 0 radical (unpaired) electrons. The van der Waals surface area contributed by atoms with Gasteiger partial charge >= 0.3 is 0 Å². The highest BCUT2D eigenvalue weighted by Gasteiger charge is 2.32. The molecule has 1 aliphatic rings. The predicted octanol–water partition coefficient (Wildman–Crippen LogP) is 2.82.